The Morgan fingerprint density at radius 3 is 2.44 bits per heavy atom. The third-order valence-corrected chi connectivity index (χ3v) is 5.27. The number of furan rings is 1. The predicted molar refractivity (Wildman–Crippen MR) is 99.6 cm³/mol. The van der Waals surface area contributed by atoms with Crippen LogP contribution < -0.4 is 0 Å². The van der Waals surface area contributed by atoms with Gasteiger partial charge < -0.3 is 18.6 Å². The van der Waals surface area contributed by atoms with Crippen LogP contribution in [0.3, 0.4) is 0 Å². The molecule has 2 aromatic heterocycles. The third-order valence-electron chi connectivity index (χ3n) is 5.27. The molecule has 2 fully saturated rings. The number of morpholine rings is 1. The molecule has 0 N–H and O–H groups in total. The van der Waals surface area contributed by atoms with Crippen LogP contribution in [-0.4, -0.2) is 95.7 Å². The molecule has 2 aliphatic heterocycles. The quantitative estimate of drug-likeness (QED) is 0.739. The Morgan fingerprint density at radius 1 is 1.00 bits per heavy atom. The topological polar surface area (TPSA) is 67.0 Å². The summed E-state index contributed by atoms with van der Waals surface area (Å²) >= 11 is 0. The SMILES string of the molecule is O=C(c1ccc(Cn2ccnc2)o1)N1CCN(CCN2CCOCC2)CC1. The number of ether oxygens (including phenoxy) is 1. The summed E-state index contributed by atoms with van der Waals surface area (Å²) in [6.07, 6.45) is 5.34. The van der Waals surface area contributed by atoms with Crippen LogP contribution in [0.25, 0.3) is 0 Å². The van der Waals surface area contributed by atoms with Crippen molar-refractivity contribution in [2.75, 3.05) is 65.6 Å². The molecular formula is C19H27N5O3. The van der Waals surface area contributed by atoms with Gasteiger partial charge in [0.2, 0.25) is 0 Å². The molecule has 2 saturated heterocycles. The van der Waals surface area contributed by atoms with Gasteiger partial charge in [0, 0.05) is 64.8 Å². The Labute approximate surface area is 159 Å². The van der Waals surface area contributed by atoms with Gasteiger partial charge in [0.05, 0.1) is 26.1 Å². The lowest BCUT2D eigenvalue weighted by Crippen LogP contribution is -2.50. The number of piperazine rings is 1. The predicted octanol–water partition coefficient (Wildman–Crippen LogP) is 0.614. The molecule has 2 aliphatic rings. The van der Waals surface area contributed by atoms with Gasteiger partial charge >= 0.3 is 0 Å². The Hall–Kier alpha value is -2.16. The summed E-state index contributed by atoms with van der Waals surface area (Å²) in [5.74, 6) is 1.17. The first kappa shape index (κ1) is 18.2. The van der Waals surface area contributed by atoms with E-state index in [2.05, 4.69) is 14.8 Å². The van der Waals surface area contributed by atoms with Crippen LogP contribution in [0, 0.1) is 0 Å². The van der Waals surface area contributed by atoms with Crippen molar-refractivity contribution < 1.29 is 13.9 Å². The van der Waals surface area contributed by atoms with Gasteiger partial charge in [-0.15, -0.1) is 0 Å². The molecule has 0 aliphatic carbocycles. The van der Waals surface area contributed by atoms with Gasteiger partial charge in [-0.25, -0.2) is 4.98 Å². The molecule has 4 heterocycles. The van der Waals surface area contributed by atoms with Crippen LogP contribution in [0.15, 0.2) is 35.3 Å². The van der Waals surface area contributed by atoms with Crippen LogP contribution >= 0.6 is 0 Å². The fraction of sp³-hybridized carbons (Fsp3) is 0.579. The zero-order valence-corrected chi connectivity index (χ0v) is 15.6. The first-order valence-corrected chi connectivity index (χ1v) is 9.64. The van der Waals surface area contributed by atoms with E-state index in [0.717, 1.165) is 71.3 Å². The van der Waals surface area contributed by atoms with E-state index in [9.17, 15) is 4.79 Å². The van der Waals surface area contributed by atoms with Crippen LogP contribution in [-0.2, 0) is 11.3 Å². The number of carbonyl (C=O) groups is 1. The molecule has 0 bridgehead atoms. The second kappa shape index (κ2) is 8.69. The average molecular weight is 373 g/mol. The number of aromatic nitrogens is 2. The zero-order chi connectivity index (χ0) is 18.5. The van der Waals surface area contributed by atoms with E-state index in [-0.39, 0.29) is 5.91 Å². The second-order valence-electron chi connectivity index (χ2n) is 7.09. The Morgan fingerprint density at radius 2 is 1.74 bits per heavy atom. The smallest absolute Gasteiger partial charge is 0.289 e. The molecule has 4 rings (SSSR count). The van der Waals surface area contributed by atoms with Gasteiger partial charge in [0.25, 0.3) is 5.91 Å². The lowest BCUT2D eigenvalue weighted by atomic mass is 10.2. The van der Waals surface area contributed by atoms with E-state index in [0.29, 0.717) is 12.3 Å². The van der Waals surface area contributed by atoms with Crippen molar-refractivity contribution in [3.8, 4) is 0 Å². The molecule has 8 nitrogen and oxygen atoms in total. The number of hydrogen-bond donors (Lipinski definition) is 0. The summed E-state index contributed by atoms with van der Waals surface area (Å²) in [6, 6.07) is 3.64. The molecular weight excluding hydrogens is 346 g/mol. The maximum absolute atomic E-state index is 12.7. The number of rotatable bonds is 6. The van der Waals surface area contributed by atoms with Crippen LogP contribution in [0.5, 0.6) is 0 Å². The van der Waals surface area contributed by atoms with E-state index in [1.807, 2.05) is 21.7 Å². The second-order valence-corrected chi connectivity index (χ2v) is 7.09. The number of nitrogens with zero attached hydrogens (tertiary/aromatic N) is 5. The van der Waals surface area contributed by atoms with Gasteiger partial charge in [-0.3, -0.25) is 14.6 Å². The highest BCUT2D eigenvalue weighted by atomic mass is 16.5. The van der Waals surface area contributed by atoms with Gasteiger partial charge in [0.1, 0.15) is 5.76 Å². The normalized spacial score (nSPS) is 19.5. The zero-order valence-electron chi connectivity index (χ0n) is 15.6. The highest BCUT2D eigenvalue weighted by molar-refractivity contribution is 5.91. The molecule has 0 aromatic carbocycles. The van der Waals surface area contributed by atoms with E-state index in [1.165, 1.54) is 0 Å². The van der Waals surface area contributed by atoms with Gasteiger partial charge in [-0.1, -0.05) is 0 Å². The van der Waals surface area contributed by atoms with E-state index in [4.69, 9.17) is 9.15 Å². The van der Waals surface area contributed by atoms with Crippen LogP contribution in [0.2, 0.25) is 0 Å². The van der Waals surface area contributed by atoms with E-state index >= 15 is 0 Å². The lowest BCUT2D eigenvalue weighted by Gasteiger charge is -2.36. The van der Waals surface area contributed by atoms with Crippen LogP contribution in [0.1, 0.15) is 16.3 Å². The van der Waals surface area contributed by atoms with Crippen molar-refractivity contribution in [1.29, 1.82) is 0 Å². The Balaban J connectivity index is 1.23. The third kappa shape index (κ3) is 4.77. The van der Waals surface area contributed by atoms with Gasteiger partial charge in [0.15, 0.2) is 5.76 Å². The molecule has 0 atom stereocenters. The van der Waals surface area contributed by atoms with Crippen molar-refractivity contribution in [3.63, 3.8) is 0 Å². The number of hydrogen-bond acceptors (Lipinski definition) is 6. The van der Waals surface area contributed by atoms with Crippen molar-refractivity contribution in [2.24, 2.45) is 0 Å². The first-order chi connectivity index (χ1) is 13.3. The molecule has 0 unspecified atom stereocenters. The molecule has 8 heteroatoms. The molecule has 0 spiro atoms. The maximum Gasteiger partial charge on any atom is 0.289 e. The Bertz CT molecular complexity index is 716. The van der Waals surface area contributed by atoms with Gasteiger partial charge in [-0.05, 0) is 12.1 Å². The molecule has 1 amide bonds. The van der Waals surface area contributed by atoms with Crippen molar-refractivity contribution in [2.45, 2.75) is 6.54 Å². The summed E-state index contributed by atoms with van der Waals surface area (Å²) in [6.45, 7) is 9.78. The number of carbonyl (C=O) groups excluding carboxylic acids is 1. The summed E-state index contributed by atoms with van der Waals surface area (Å²) in [5.41, 5.74) is 0. The monoisotopic (exact) mass is 373 g/mol. The minimum absolute atomic E-state index is 0.0142. The number of imidazole rings is 1. The minimum atomic E-state index is -0.0142. The summed E-state index contributed by atoms with van der Waals surface area (Å²) in [7, 11) is 0. The van der Waals surface area contributed by atoms with Crippen molar-refractivity contribution >= 4 is 5.91 Å². The number of amides is 1. The largest absolute Gasteiger partial charge is 0.454 e. The lowest BCUT2D eigenvalue weighted by molar-refractivity contribution is 0.0290. The average Bonchev–Trinajstić information content (AvgIpc) is 3.40. The minimum Gasteiger partial charge on any atom is -0.454 e. The first-order valence-electron chi connectivity index (χ1n) is 9.64. The van der Waals surface area contributed by atoms with Gasteiger partial charge in [-0.2, -0.15) is 0 Å². The molecule has 27 heavy (non-hydrogen) atoms. The van der Waals surface area contributed by atoms with E-state index < -0.39 is 0 Å². The fourth-order valence-electron chi connectivity index (χ4n) is 3.58. The van der Waals surface area contributed by atoms with Crippen molar-refractivity contribution in [1.82, 2.24) is 24.3 Å². The Kier molecular flexibility index (Phi) is 5.86. The highest BCUT2D eigenvalue weighted by Gasteiger charge is 2.24. The molecule has 0 saturated carbocycles. The standard InChI is InChI=1S/C19H27N5O3/c25-19(18-2-1-17(27-18)15-23-4-3-20-16-23)24-9-7-21(8-10-24)5-6-22-11-13-26-14-12-22/h1-4,16H,5-15H2. The molecule has 0 radical (unpaired) electrons. The fourth-order valence-corrected chi connectivity index (χ4v) is 3.58. The van der Waals surface area contributed by atoms with E-state index in [1.54, 1.807) is 18.6 Å². The molecule has 146 valence electrons. The summed E-state index contributed by atoms with van der Waals surface area (Å²) in [5, 5.41) is 0. The maximum atomic E-state index is 12.7. The van der Waals surface area contributed by atoms with Crippen molar-refractivity contribution in [3.05, 3.63) is 42.4 Å². The highest BCUT2D eigenvalue weighted by Crippen LogP contribution is 2.14. The summed E-state index contributed by atoms with van der Waals surface area (Å²) < 4.78 is 13.1. The summed E-state index contributed by atoms with van der Waals surface area (Å²) in [4.78, 5) is 23.5. The molecule has 2 aromatic rings. The van der Waals surface area contributed by atoms with Crippen LogP contribution in [0.4, 0.5) is 0 Å².